The Bertz CT molecular complexity index is 551. The van der Waals surface area contributed by atoms with E-state index in [1.807, 2.05) is 6.07 Å². The van der Waals surface area contributed by atoms with Crippen molar-refractivity contribution in [2.75, 3.05) is 7.11 Å². The maximum absolute atomic E-state index is 11.1. The molecule has 4 heteroatoms. The molecule has 2 aliphatic rings. The summed E-state index contributed by atoms with van der Waals surface area (Å²) in [4.78, 5) is 15.8. The van der Waals surface area contributed by atoms with Crippen LogP contribution in [0.25, 0.3) is 0 Å². The number of rotatable bonds is 1. The molecule has 0 aromatic heterocycles. The number of amidine groups is 1. The first kappa shape index (κ1) is 12.2. The van der Waals surface area contributed by atoms with Gasteiger partial charge >= 0.3 is 0 Å². The number of nitrogens with zero attached hydrogens (tertiary/aromatic N) is 1. The Labute approximate surface area is 112 Å². The SMILES string of the molecule is COc1ccc2c(c1)CC[C@H]1N=C(NC(C)=O)C[C@@H]21. The van der Waals surface area contributed by atoms with E-state index in [9.17, 15) is 4.79 Å². The number of amides is 1. The topological polar surface area (TPSA) is 50.7 Å². The molecule has 2 atom stereocenters. The van der Waals surface area contributed by atoms with E-state index in [4.69, 9.17) is 4.74 Å². The van der Waals surface area contributed by atoms with Crippen LogP contribution >= 0.6 is 0 Å². The Hall–Kier alpha value is -1.84. The summed E-state index contributed by atoms with van der Waals surface area (Å²) in [6, 6.07) is 6.61. The highest BCUT2D eigenvalue weighted by molar-refractivity contribution is 5.98. The third-order valence-corrected chi connectivity index (χ3v) is 3.98. The molecule has 0 unspecified atom stereocenters. The minimum atomic E-state index is -0.0349. The summed E-state index contributed by atoms with van der Waals surface area (Å²) in [6.45, 7) is 1.53. The molecule has 0 saturated carbocycles. The van der Waals surface area contributed by atoms with Gasteiger partial charge in [-0.25, -0.2) is 0 Å². The molecule has 19 heavy (non-hydrogen) atoms. The van der Waals surface area contributed by atoms with E-state index in [2.05, 4.69) is 22.4 Å². The molecule has 1 aliphatic heterocycles. The number of carbonyl (C=O) groups excluding carboxylic acids is 1. The van der Waals surface area contributed by atoms with Crippen LogP contribution in [-0.2, 0) is 11.2 Å². The predicted molar refractivity (Wildman–Crippen MR) is 73.7 cm³/mol. The Morgan fingerprint density at radius 3 is 3.05 bits per heavy atom. The number of ether oxygens (including phenoxy) is 1. The first-order valence-electron chi connectivity index (χ1n) is 6.68. The van der Waals surface area contributed by atoms with Gasteiger partial charge in [-0.05, 0) is 36.1 Å². The van der Waals surface area contributed by atoms with Gasteiger partial charge in [-0.3, -0.25) is 9.79 Å². The molecule has 0 radical (unpaired) electrons. The van der Waals surface area contributed by atoms with Gasteiger partial charge in [0.25, 0.3) is 0 Å². The molecule has 0 fully saturated rings. The van der Waals surface area contributed by atoms with Crippen molar-refractivity contribution < 1.29 is 9.53 Å². The van der Waals surface area contributed by atoms with E-state index in [0.717, 1.165) is 30.8 Å². The van der Waals surface area contributed by atoms with Gasteiger partial charge in [0, 0.05) is 19.3 Å². The van der Waals surface area contributed by atoms with Crippen LogP contribution in [0.2, 0.25) is 0 Å². The predicted octanol–water partition coefficient (Wildman–Crippen LogP) is 2.03. The normalized spacial score (nSPS) is 24.2. The Morgan fingerprint density at radius 2 is 2.32 bits per heavy atom. The molecule has 100 valence electrons. The molecule has 4 nitrogen and oxygen atoms in total. The second kappa shape index (κ2) is 4.68. The number of fused-ring (bicyclic) bond motifs is 3. The zero-order valence-corrected chi connectivity index (χ0v) is 11.3. The van der Waals surface area contributed by atoms with Gasteiger partial charge in [-0.1, -0.05) is 6.07 Å². The summed E-state index contributed by atoms with van der Waals surface area (Å²) in [5.41, 5.74) is 2.72. The molecule has 1 aliphatic carbocycles. The summed E-state index contributed by atoms with van der Waals surface area (Å²) >= 11 is 0. The van der Waals surface area contributed by atoms with Crippen molar-refractivity contribution in [3.05, 3.63) is 29.3 Å². The van der Waals surface area contributed by atoms with Gasteiger partial charge in [0.05, 0.1) is 13.2 Å². The number of hydrogen-bond acceptors (Lipinski definition) is 3. The molecule has 1 amide bonds. The van der Waals surface area contributed by atoms with Gasteiger partial charge in [-0.15, -0.1) is 0 Å². The largest absolute Gasteiger partial charge is 0.497 e. The van der Waals surface area contributed by atoms with Gasteiger partial charge in [-0.2, -0.15) is 0 Å². The second-order valence-electron chi connectivity index (χ2n) is 5.24. The molecule has 1 N–H and O–H groups in total. The average molecular weight is 258 g/mol. The Kier molecular flexibility index (Phi) is 3.01. The maximum atomic E-state index is 11.1. The first-order valence-corrected chi connectivity index (χ1v) is 6.68. The van der Waals surface area contributed by atoms with Gasteiger partial charge in [0.2, 0.25) is 5.91 Å². The van der Waals surface area contributed by atoms with Gasteiger partial charge < -0.3 is 10.1 Å². The number of methoxy groups -OCH3 is 1. The lowest BCUT2D eigenvalue weighted by Gasteiger charge is -2.27. The lowest BCUT2D eigenvalue weighted by Crippen LogP contribution is -2.27. The molecule has 0 saturated heterocycles. The van der Waals surface area contributed by atoms with Crippen LogP contribution in [0.1, 0.15) is 36.8 Å². The van der Waals surface area contributed by atoms with Crippen LogP contribution in [-0.4, -0.2) is 24.9 Å². The first-order chi connectivity index (χ1) is 9.17. The van der Waals surface area contributed by atoms with Gasteiger partial charge in [0.15, 0.2) is 0 Å². The average Bonchev–Trinajstić information content (AvgIpc) is 2.79. The Morgan fingerprint density at radius 1 is 1.47 bits per heavy atom. The van der Waals surface area contributed by atoms with Crippen LogP contribution in [0.5, 0.6) is 5.75 Å². The highest BCUT2D eigenvalue weighted by Gasteiger charge is 2.35. The molecular formula is C15H18N2O2. The fourth-order valence-corrected chi connectivity index (χ4v) is 3.15. The van der Waals surface area contributed by atoms with Crippen LogP contribution < -0.4 is 10.1 Å². The molecular weight excluding hydrogens is 240 g/mol. The van der Waals surface area contributed by atoms with E-state index >= 15 is 0 Å². The fourth-order valence-electron chi connectivity index (χ4n) is 3.15. The molecule has 3 rings (SSSR count). The van der Waals surface area contributed by atoms with Crippen molar-refractivity contribution >= 4 is 11.7 Å². The fraction of sp³-hybridized carbons (Fsp3) is 0.467. The zero-order chi connectivity index (χ0) is 13.4. The summed E-state index contributed by atoms with van der Waals surface area (Å²) in [5.74, 6) is 2.13. The minimum Gasteiger partial charge on any atom is -0.497 e. The lowest BCUT2D eigenvalue weighted by molar-refractivity contribution is -0.117. The molecule has 1 heterocycles. The van der Waals surface area contributed by atoms with Crippen molar-refractivity contribution in [1.82, 2.24) is 5.32 Å². The van der Waals surface area contributed by atoms with E-state index in [1.54, 1.807) is 7.11 Å². The third kappa shape index (κ3) is 2.23. The molecule has 1 aromatic carbocycles. The summed E-state index contributed by atoms with van der Waals surface area (Å²) in [7, 11) is 1.70. The number of aliphatic imine (C=N–C) groups is 1. The van der Waals surface area contributed by atoms with E-state index in [1.165, 1.54) is 18.1 Å². The van der Waals surface area contributed by atoms with E-state index in [-0.39, 0.29) is 5.91 Å². The smallest absolute Gasteiger partial charge is 0.222 e. The van der Waals surface area contributed by atoms with Crippen molar-refractivity contribution in [3.8, 4) is 5.75 Å². The highest BCUT2D eigenvalue weighted by Crippen LogP contribution is 2.40. The van der Waals surface area contributed by atoms with Crippen LogP contribution in [0.3, 0.4) is 0 Å². The molecule has 0 spiro atoms. The zero-order valence-electron chi connectivity index (χ0n) is 11.3. The number of nitrogens with one attached hydrogen (secondary N) is 1. The second-order valence-corrected chi connectivity index (χ2v) is 5.24. The molecule has 0 bridgehead atoms. The van der Waals surface area contributed by atoms with E-state index < -0.39 is 0 Å². The standard InChI is InChI=1S/C15H18N2O2/c1-9(18)16-15-8-13-12-5-4-11(19-2)7-10(12)3-6-14(13)17-15/h4-5,7,13-14H,3,6,8H2,1-2H3,(H,16,17,18)/t13-,14+/m0/s1. The monoisotopic (exact) mass is 258 g/mol. The van der Waals surface area contributed by atoms with Crippen molar-refractivity contribution in [1.29, 1.82) is 0 Å². The summed E-state index contributed by atoms with van der Waals surface area (Å²) in [5, 5.41) is 2.84. The lowest BCUT2D eigenvalue weighted by atomic mass is 9.79. The van der Waals surface area contributed by atoms with Crippen LogP contribution in [0.15, 0.2) is 23.2 Å². The van der Waals surface area contributed by atoms with Gasteiger partial charge in [0.1, 0.15) is 11.6 Å². The number of benzene rings is 1. The summed E-state index contributed by atoms with van der Waals surface area (Å²) in [6.07, 6.45) is 2.92. The third-order valence-electron chi connectivity index (χ3n) is 3.98. The maximum Gasteiger partial charge on any atom is 0.222 e. The summed E-state index contributed by atoms with van der Waals surface area (Å²) < 4.78 is 5.28. The number of carbonyl (C=O) groups is 1. The Balaban J connectivity index is 1.85. The van der Waals surface area contributed by atoms with E-state index in [0.29, 0.717) is 12.0 Å². The molecule has 1 aromatic rings. The van der Waals surface area contributed by atoms with Crippen LogP contribution in [0, 0.1) is 0 Å². The van der Waals surface area contributed by atoms with Crippen molar-refractivity contribution in [2.24, 2.45) is 4.99 Å². The quantitative estimate of drug-likeness (QED) is 0.838. The number of hydrogen-bond donors (Lipinski definition) is 1. The minimum absolute atomic E-state index is 0.0349. The highest BCUT2D eigenvalue weighted by atomic mass is 16.5. The van der Waals surface area contributed by atoms with Crippen LogP contribution in [0.4, 0.5) is 0 Å². The number of aryl methyl sites for hydroxylation is 1. The van der Waals surface area contributed by atoms with Crippen molar-refractivity contribution in [2.45, 2.75) is 38.1 Å². The van der Waals surface area contributed by atoms with Crippen molar-refractivity contribution in [3.63, 3.8) is 0 Å².